The molecule has 4 fully saturated rings. The SMILES string of the molecule is CNC(=O)c1cc(-c2cccc(CN3OC[C@@H]([C@H](C)OC(C)=O)[C@H]3C(=O)N[C@H]3C[C@H]4C[C@@H]([C@@H]3C)C4(C)C)c2OC)cc(N(C)C)c1. The molecule has 4 aliphatic rings. The summed E-state index contributed by atoms with van der Waals surface area (Å²) in [7, 11) is 7.10. The zero-order valence-electron chi connectivity index (χ0n) is 28.7. The van der Waals surface area contributed by atoms with E-state index in [0.29, 0.717) is 34.5 Å². The highest BCUT2D eigenvalue weighted by Crippen LogP contribution is 2.61. The van der Waals surface area contributed by atoms with Crippen molar-refractivity contribution in [1.29, 1.82) is 0 Å². The summed E-state index contributed by atoms with van der Waals surface area (Å²) in [5, 5.41) is 7.82. The normalized spacial score (nSPS) is 27.2. The van der Waals surface area contributed by atoms with E-state index in [0.717, 1.165) is 28.8 Å². The van der Waals surface area contributed by atoms with Crippen molar-refractivity contribution in [3.05, 3.63) is 47.5 Å². The smallest absolute Gasteiger partial charge is 0.302 e. The number of methoxy groups -OCH3 is 1. The zero-order valence-corrected chi connectivity index (χ0v) is 28.7. The van der Waals surface area contributed by atoms with Gasteiger partial charge < -0.3 is 25.0 Å². The second-order valence-corrected chi connectivity index (χ2v) is 14.1. The fourth-order valence-electron chi connectivity index (χ4n) is 8.03. The molecule has 3 saturated carbocycles. The monoisotopic (exact) mass is 634 g/mol. The third-order valence-electron chi connectivity index (χ3n) is 10.9. The summed E-state index contributed by atoms with van der Waals surface area (Å²) in [6, 6.07) is 11.0. The van der Waals surface area contributed by atoms with Crippen LogP contribution in [0.3, 0.4) is 0 Å². The Hall–Kier alpha value is -3.63. The minimum atomic E-state index is -0.668. The number of carbonyl (C=O) groups is 3. The molecule has 1 aliphatic heterocycles. The third kappa shape index (κ3) is 6.34. The number of benzene rings is 2. The standard InChI is InChI=1S/C36H50N4O6/c1-20-30-16-26(36(30,4)5)17-31(20)38-35(43)32-29(21(2)46-22(3)41)19-45-40(32)18-23-11-10-12-28(33(23)44-9)24-13-25(34(42)37-6)15-27(14-24)39(7)8/h10-15,20-21,26,29-32H,16-19H2,1-9H3,(H,37,42)(H,38,43)/t20-,21-,26+,29-,30-,31-,32-/m0/s1. The van der Waals surface area contributed by atoms with Gasteiger partial charge in [-0.25, -0.2) is 0 Å². The number of esters is 1. The summed E-state index contributed by atoms with van der Waals surface area (Å²) in [4.78, 5) is 46.9. The van der Waals surface area contributed by atoms with Gasteiger partial charge in [-0.05, 0) is 66.7 Å². The quantitative estimate of drug-likeness (QED) is 0.364. The highest BCUT2D eigenvalue weighted by molar-refractivity contribution is 5.97. The van der Waals surface area contributed by atoms with E-state index < -0.39 is 18.1 Å². The number of fused-ring (bicyclic) bond motifs is 2. The van der Waals surface area contributed by atoms with E-state index in [1.807, 2.05) is 62.3 Å². The molecule has 2 bridgehead atoms. The lowest BCUT2D eigenvalue weighted by atomic mass is 9.45. The van der Waals surface area contributed by atoms with Crippen molar-refractivity contribution < 1.29 is 28.7 Å². The number of anilines is 1. The van der Waals surface area contributed by atoms with Crippen LogP contribution in [0.25, 0.3) is 11.1 Å². The van der Waals surface area contributed by atoms with Crippen LogP contribution >= 0.6 is 0 Å². The molecule has 6 rings (SSSR count). The van der Waals surface area contributed by atoms with Gasteiger partial charge in [0.1, 0.15) is 17.9 Å². The molecule has 1 heterocycles. The maximum Gasteiger partial charge on any atom is 0.302 e. The van der Waals surface area contributed by atoms with Crippen molar-refractivity contribution >= 4 is 23.5 Å². The number of hydroxylamine groups is 2. The van der Waals surface area contributed by atoms with Crippen molar-refractivity contribution in [2.24, 2.45) is 29.1 Å². The molecule has 0 aromatic heterocycles. The first-order valence-electron chi connectivity index (χ1n) is 16.3. The van der Waals surface area contributed by atoms with Crippen LogP contribution in [0.2, 0.25) is 0 Å². The summed E-state index contributed by atoms with van der Waals surface area (Å²) < 4.78 is 11.6. The Kier molecular flexibility index (Phi) is 9.70. The summed E-state index contributed by atoms with van der Waals surface area (Å²) in [6.45, 7) is 10.7. The predicted molar refractivity (Wildman–Crippen MR) is 177 cm³/mol. The molecule has 250 valence electrons. The van der Waals surface area contributed by atoms with Crippen molar-refractivity contribution in [2.75, 3.05) is 39.8 Å². The molecular formula is C36H50N4O6. The van der Waals surface area contributed by atoms with E-state index in [2.05, 4.69) is 31.4 Å². The van der Waals surface area contributed by atoms with Crippen molar-refractivity contribution in [3.63, 3.8) is 0 Å². The molecule has 2 aromatic carbocycles. The van der Waals surface area contributed by atoms with Crippen LogP contribution in [0.4, 0.5) is 5.69 Å². The fraction of sp³-hybridized carbons (Fsp3) is 0.583. The third-order valence-corrected chi connectivity index (χ3v) is 10.9. The van der Waals surface area contributed by atoms with Gasteiger partial charge in [-0.2, -0.15) is 5.06 Å². The number of nitrogens with zero attached hydrogens (tertiary/aromatic N) is 2. The Morgan fingerprint density at radius 3 is 2.50 bits per heavy atom. The van der Waals surface area contributed by atoms with Gasteiger partial charge in [-0.1, -0.05) is 39.0 Å². The van der Waals surface area contributed by atoms with Gasteiger partial charge >= 0.3 is 5.97 Å². The Morgan fingerprint density at radius 2 is 1.89 bits per heavy atom. The number of ether oxygens (including phenoxy) is 2. The lowest BCUT2D eigenvalue weighted by Crippen LogP contribution is -2.62. The van der Waals surface area contributed by atoms with Gasteiger partial charge in [0, 0.05) is 62.4 Å². The molecule has 0 spiro atoms. The van der Waals surface area contributed by atoms with Crippen LogP contribution in [0.15, 0.2) is 36.4 Å². The zero-order chi connectivity index (χ0) is 33.5. The Bertz CT molecular complexity index is 1470. The van der Waals surface area contributed by atoms with Crippen molar-refractivity contribution in [1.82, 2.24) is 15.7 Å². The van der Waals surface area contributed by atoms with Crippen LogP contribution in [0, 0.1) is 29.1 Å². The molecule has 2 amide bonds. The van der Waals surface area contributed by atoms with Gasteiger partial charge in [0.25, 0.3) is 5.91 Å². The summed E-state index contributed by atoms with van der Waals surface area (Å²) in [5.74, 6) is 1.16. The highest BCUT2D eigenvalue weighted by Gasteiger charge is 2.57. The second kappa shape index (κ2) is 13.2. The number of hydrogen-bond donors (Lipinski definition) is 2. The lowest BCUT2D eigenvalue weighted by molar-refractivity contribution is -0.162. The molecule has 0 unspecified atom stereocenters. The molecule has 7 atom stereocenters. The summed E-state index contributed by atoms with van der Waals surface area (Å²) in [5.41, 5.74) is 4.19. The molecule has 1 saturated heterocycles. The van der Waals surface area contributed by atoms with Gasteiger partial charge in [-0.15, -0.1) is 0 Å². The van der Waals surface area contributed by atoms with E-state index in [-0.39, 0.29) is 36.9 Å². The molecular weight excluding hydrogens is 584 g/mol. The Morgan fingerprint density at radius 1 is 1.15 bits per heavy atom. The van der Waals surface area contributed by atoms with Gasteiger partial charge in [0.15, 0.2) is 0 Å². The number of rotatable bonds is 10. The molecule has 3 aliphatic carbocycles. The van der Waals surface area contributed by atoms with Crippen LogP contribution in [0.5, 0.6) is 5.75 Å². The minimum Gasteiger partial charge on any atom is -0.496 e. The average molecular weight is 635 g/mol. The van der Waals surface area contributed by atoms with Crippen molar-refractivity contribution in [2.45, 2.75) is 72.2 Å². The summed E-state index contributed by atoms with van der Waals surface area (Å²) in [6.07, 6.45) is 1.68. The second-order valence-electron chi connectivity index (χ2n) is 14.1. The van der Waals surface area contributed by atoms with E-state index in [4.69, 9.17) is 14.3 Å². The van der Waals surface area contributed by atoms with Crippen LogP contribution < -0.4 is 20.3 Å². The number of amides is 2. The first kappa shape index (κ1) is 33.7. The number of hydrogen-bond acceptors (Lipinski definition) is 8. The number of carbonyl (C=O) groups excluding carboxylic acids is 3. The van der Waals surface area contributed by atoms with E-state index in [1.165, 1.54) is 13.3 Å². The maximum atomic E-state index is 14.2. The molecule has 46 heavy (non-hydrogen) atoms. The van der Waals surface area contributed by atoms with E-state index in [1.54, 1.807) is 19.2 Å². The maximum absolute atomic E-state index is 14.2. The van der Waals surface area contributed by atoms with Crippen molar-refractivity contribution in [3.8, 4) is 16.9 Å². The molecule has 10 nitrogen and oxygen atoms in total. The largest absolute Gasteiger partial charge is 0.496 e. The van der Waals surface area contributed by atoms with Gasteiger partial charge in [0.2, 0.25) is 5.91 Å². The van der Waals surface area contributed by atoms with Gasteiger partial charge in [0.05, 0.1) is 20.3 Å². The number of para-hydroxylation sites is 1. The lowest BCUT2D eigenvalue weighted by Gasteiger charge is -2.62. The Balaban J connectivity index is 1.45. The predicted octanol–water partition coefficient (Wildman–Crippen LogP) is 4.66. The van der Waals surface area contributed by atoms with Crippen LogP contribution in [-0.4, -0.2) is 75.9 Å². The molecule has 10 heteroatoms. The molecule has 0 radical (unpaired) electrons. The molecule has 2 aromatic rings. The summed E-state index contributed by atoms with van der Waals surface area (Å²) >= 11 is 0. The van der Waals surface area contributed by atoms with Crippen LogP contribution in [-0.2, 0) is 25.7 Å². The first-order chi connectivity index (χ1) is 21.8. The minimum absolute atomic E-state index is 0.0905. The van der Waals surface area contributed by atoms with Gasteiger partial charge in [-0.3, -0.25) is 19.2 Å². The highest BCUT2D eigenvalue weighted by atomic mass is 16.7. The topological polar surface area (TPSA) is 109 Å². The van der Waals surface area contributed by atoms with Crippen LogP contribution in [0.1, 0.15) is 63.4 Å². The van der Waals surface area contributed by atoms with E-state index >= 15 is 0 Å². The number of nitrogens with one attached hydrogen (secondary N) is 2. The average Bonchev–Trinajstić information content (AvgIpc) is 3.44. The molecule has 2 N–H and O–H groups in total. The Labute approximate surface area is 273 Å². The van der Waals surface area contributed by atoms with E-state index in [9.17, 15) is 14.4 Å². The fourth-order valence-corrected chi connectivity index (χ4v) is 8.03. The first-order valence-corrected chi connectivity index (χ1v) is 16.3.